The summed E-state index contributed by atoms with van der Waals surface area (Å²) in [6.45, 7) is 4.73. The second kappa shape index (κ2) is 9.41. The fraction of sp³-hybridized carbons (Fsp3) is 0.333. The van der Waals surface area contributed by atoms with Crippen LogP contribution in [0.25, 0.3) is 22.2 Å². The molecular weight excluding hydrogens is 366 g/mol. The van der Waals surface area contributed by atoms with E-state index in [2.05, 4.69) is 11.9 Å². The first-order valence-corrected chi connectivity index (χ1v) is 9.97. The van der Waals surface area contributed by atoms with Gasteiger partial charge in [-0.2, -0.15) is 0 Å². The molecule has 0 saturated heterocycles. The molecule has 5 nitrogen and oxygen atoms in total. The number of methoxy groups -OCH3 is 1. The van der Waals surface area contributed by atoms with Gasteiger partial charge in [-0.05, 0) is 49.7 Å². The number of benzene rings is 2. The molecule has 1 aromatic heterocycles. The number of unbranched alkanes of at least 4 members (excludes halogenated alkanes) is 3. The fourth-order valence-corrected chi connectivity index (χ4v) is 3.31. The Kier molecular flexibility index (Phi) is 6.70. The number of nitrogens with zero attached hydrogens (tertiary/aromatic N) is 1. The van der Waals surface area contributed by atoms with Crippen LogP contribution < -0.4 is 14.6 Å². The molecule has 0 N–H and O–H groups in total. The van der Waals surface area contributed by atoms with Crippen LogP contribution in [-0.2, 0) is 0 Å². The first-order valence-electron chi connectivity index (χ1n) is 9.97. The van der Waals surface area contributed by atoms with Gasteiger partial charge in [0.15, 0.2) is 11.5 Å². The van der Waals surface area contributed by atoms with Crippen molar-refractivity contribution < 1.29 is 19.4 Å². The highest BCUT2D eigenvalue weighted by atomic mass is 16.5. The lowest BCUT2D eigenvalue weighted by Crippen LogP contribution is -2.22. The molecule has 0 atom stereocenters. The lowest BCUT2D eigenvalue weighted by molar-refractivity contribution is -0.254. The van der Waals surface area contributed by atoms with Crippen molar-refractivity contribution in [3.63, 3.8) is 0 Å². The predicted molar refractivity (Wildman–Crippen MR) is 112 cm³/mol. The van der Waals surface area contributed by atoms with Gasteiger partial charge in [0.1, 0.15) is 0 Å². The second-order valence-electron chi connectivity index (χ2n) is 7.14. The largest absolute Gasteiger partial charge is 0.545 e. The van der Waals surface area contributed by atoms with Crippen LogP contribution in [0.1, 0.15) is 48.5 Å². The minimum Gasteiger partial charge on any atom is -0.545 e. The number of pyridine rings is 1. The minimum absolute atomic E-state index is 0.129. The Balaban J connectivity index is 1.93. The van der Waals surface area contributed by atoms with Gasteiger partial charge in [-0.15, -0.1) is 0 Å². The molecule has 1 heterocycles. The molecule has 2 aromatic carbocycles. The molecule has 0 amide bonds. The Morgan fingerprint density at radius 2 is 1.86 bits per heavy atom. The van der Waals surface area contributed by atoms with E-state index in [1.165, 1.54) is 12.8 Å². The maximum atomic E-state index is 11.7. The number of aromatic carboxylic acids is 1. The Labute approximate surface area is 171 Å². The predicted octanol–water partition coefficient (Wildman–Crippen LogP) is 4.54. The summed E-state index contributed by atoms with van der Waals surface area (Å²) >= 11 is 0. The number of aromatic nitrogens is 1. The third kappa shape index (κ3) is 4.86. The number of carbonyl (C=O) groups is 1. The van der Waals surface area contributed by atoms with E-state index in [0.717, 1.165) is 24.0 Å². The molecule has 152 valence electrons. The standard InChI is InChI=1S/C24H27NO4/c1-4-5-6-7-12-29-22-11-9-17(14-23(22)28-3)21-15-19(24(26)27)18-13-16(2)8-10-20(18)25-21/h8-11,13-15H,4-7,12H2,1-3H3,(H,26,27)/p-1. The molecule has 0 unspecified atom stereocenters. The van der Waals surface area contributed by atoms with E-state index in [-0.39, 0.29) is 5.56 Å². The van der Waals surface area contributed by atoms with Crippen molar-refractivity contribution in [1.29, 1.82) is 0 Å². The number of hydrogen-bond donors (Lipinski definition) is 0. The smallest absolute Gasteiger partial charge is 0.161 e. The van der Waals surface area contributed by atoms with Gasteiger partial charge in [0, 0.05) is 16.5 Å². The van der Waals surface area contributed by atoms with Crippen molar-refractivity contribution in [1.82, 2.24) is 4.98 Å². The van der Waals surface area contributed by atoms with Gasteiger partial charge in [-0.3, -0.25) is 0 Å². The second-order valence-corrected chi connectivity index (χ2v) is 7.14. The molecule has 0 aliphatic carbocycles. The van der Waals surface area contributed by atoms with Gasteiger partial charge in [0.05, 0.1) is 30.9 Å². The Hall–Kier alpha value is -3.08. The molecule has 3 aromatic rings. The lowest BCUT2D eigenvalue weighted by Gasteiger charge is -2.14. The van der Waals surface area contributed by atoms with E-state index in [0.29, 0.717) is 34.7 Å². The summed E-state index contributed by atoms with van der Waals surface area (Å²) < 4.78 is 11.3. The highest BCUT2D eigenvalue weighted by Gasteiger charge is 2.12. The van der Waals surface area contributed by atoms with E-state index in [9.17, 15) is 9.90 Å². The SMILES string of the molecule is CCCCCCOc1ccc(-c2cc(C(=O)[O-])c3cc(C)ccc3n2)cc1OC. The number of ether oxygens (including phenoxy) is 2. The van der Waals surface area contributed by atoms with Crippen LogP contribution in [0.2, 0.25) is 0 Å². The van der Waals surface area contributed by atoms with Crippen molar-refractivity contribution in [2.24, 2.45) is 0 Å². The molecule has 0 aliphatic heterocycles. The summed E-state index contributed by atoms with van der Waals surface area (Å²) in [7, 11) is 1.59. The van der Waals surface area contributed by atoms with E-state index in [1.54, 1.807) is 13.2 Å². The normalized spacial score (nSPS) is 10.9. The van der Waals surface area contributed by atoms with Gasteiger partial charge < -0.3 is 19.4 Å². The zero-order chi connectivity index (χ0) is 20.8. The van der Waals surface area contributed by atoms with Crippen LogP contribution in [-0.4, -0.2) is 24.7 Å². The van der Waals surface area contributed by atoms with E-state index in [1.807, 2.05) is 43.3 Å². The summed E-state index contributed by atoms with van der Waals surface area (Å²) in [6.07, 6.45) is 4.53. The van der Waals surface area contributed by atoms with Crippen molar-refractivity contribution in [3.05, 3.63) is 53.6 Å². The first-order chi connectivity index (χ1) is 14.0. The molecule has 0 aliphatic rings. The Morgan fingerprint density at radius 3 is 2.59 bits per heavy atom. The number of fused-ring (bicyclic) bond motifs is 1. The monoisotopic (exact) mass is 392 g/mol. The molecule has 0 spiro atoms. The number of carbonyl (C=O) groups excluding carboxylic acids is 1. The summed E-state index contributed by atoms with van der Waals surface area (Å²) in [5, 5.41) is 12.3. The number of rotatable bonds is 9. The third-order valence-electron chi connectivity index (χ3n) is 4.90. The summed E-state index contributed by atoms with van der Waals surface area (Å²) in [6, 6.07) is 12.6. The van der Waals surface area contributed by atoms with E-state index < -0.39 is 5.97 Å². The topological polar surface area (TPSA) is 71.5 Å². The molecule has 0 fully saturated rings. The van der Waals surface area contributed by atoms with E-state index >= 15 is 0 Å². The Morgan fingerprint density at radius 1 is 1.03 bits per heavy atom. The van der Waals surface area contributed by atoms with Crippen molar-refractivity contribution in [3.8, 4) is 22.8 Å². The van der Waals surface area contributed by atoms with Crippen LogP contribution >= 0.6 is 0 Å². The van der Waals surface area contributed by atoms with Crippen molar-refractivity contribution in [2.75, 3.05) is 13.7 Å². The van der Waals surface area contributed by atoms with Crippen LogP contribution in [0.4, 0.5) is 0 Å². The van der Waals surface area contributed by atoms with Crippen LogP contribution in [0.3, 0.4) is 0 Å². The number of carboxylic acids is 1. The summed E-state index contributed by atoms with van der Waals surface area (Å²) in [5.41, 5.74) is 3.02. The minimum atomic E-state index is -1.22. The number of carboxylic acid groups (broad SMARTS) is 1. The van der Waals surface area contributed by atoms with E-state index in [4.69, 9.17) is 9.47 Å². The zero-order valence-corrected chi connectivity index (χ0v) is 17.2. The van der Waals surface area contributed by atoms with Gasteiger partial charge in [-0.1, -0.05) is 37.8 Å². The average molecular weight is 392 g/mol. The highest BCUT2D eigenvalue weighted by molar-refractivity contribution is 6.03. The maximum Gasteiger partial charge on any atom is 0.161 e. The van der Waals surface area contributed by atoms with Crippen molar-refractivity contribution in [2.45, 2.75) is 39.5 Å². The van der Waals surface area contributed by atoms with Crippen LogP contribution in [0, 0.1) is 6.92 Å². The third-order valence-corrected chi connectivity index (χ3v) is 4.90. The first kappa shape index (κ1) is 20.6. The summed E-state index contributed by atoms with van der Waals surface area (Å²) in [5.74, 6) is 0.0475. The Bertz CT molecular complexity index is 1010. The molecule has 3 rings (SSSR count). The lowest BCUT2D eigenvalue weighted by atomic mass is 10.0. The van der Waals surface area contributed by atoms with Gasteiger partial charge in [0.25, 0.3) is 0 Å². The molecule has 5 heteroatoms. The fourth-order valence-electron chi connectivity index (χ4n) is 3.31. The van der Waals surface area contributed by atoms with Crippen LogP contribution in [0.5, 0.6) is 11.5 Å². The average Bonchev–Trinajstić information content (AvgIpc) is 2.72. The zero-order valence-electron chi connectivity index (χ0n) is 17.2. The van der Waals surface area contributed by atoms with Crippen molar-refractivity contribution >= 4 is 16.9 Å². The molecular formula is C24H26NO4-. The number of hydrogen-bond acceptors (Lipinski definition) is 5. The quantitative estimate of drug-likeness (QED) is 0.500. The van der Waals surface area contributed by atoms with Gasteiger partial charge in [-0.25, -0.2) is 4.98 Å². The maximum absolute atomic E-state index is 11.7. The molecule has 29 heavy (non-hydrogen) atoms. The van der Waals surface area contributed by atoms with Crippen LogP contribution in [0.15, 0.2) is 42.5 Å². The highest BCUT2D eigenvalue weighted by Crippen LogP contribution is 2.33. The molecule has 0 radical (unpaired) electrons. The molecule has 0 saturated carbocycles. The summed E-state index contributed by atoms with van der Waals surface area (Å²) in [4.78, 5) is 16.3. The molecule has 0 bridgehead atoms. The van der Waals surface area contributed by atoms with Gasteiger partial charge in [0.2, 0.25) is 0 Å². The number of aryl methyl sites for hydroxylation is 1. The van der Waals surface area contributed by atoms with Gasteiger partial charge >= 0.3 is 0 Å².